The summed E-state index contributed by atoms with van der Waals surface area (Å²) in [6, 6.07) is 5.63. The summed E-state index contributed by atoms with van der Waals surface area (Å²) in [5, 5.41) is 10.5. The molecule has 39 heavy (non-hydrogen) atoms. The SMILES string of the molecule is CCCCN(CCCN)C(=O)CN1C[C@H](c2ccc3c(c2)CCO3)C(C(=O)O)[C@@H]1CCN1CCCN(C)C1=O. The van der Waals surface area contributed by atoms with Crippen LogP contribution in [0.3, 0.4) is 0 Å². The van der Waals surface area contributed by atoms with Crippen LogP contribution < -0.4 is 10.5 Å². The number of aliphatic carboxylic acids is 1. The number of benzene rings is 1. The van der Waals surface area contributed by atoms with Crippen molar-refractivity contribution in [1.29, 1.82) is 0 Å². The van der Waals surface area contributed by atoms with E-state index in [0.29, 0.717) is 52.3 Å². The van der Waals surface area contributed by atoms with E-state index in [1.165, 1.54) is 0 Å². The molecule has 10 nitrogen and oxygen atoms in total. The Kier molecular flexibility index (Phi) is 10.1. The molecule has 0 aliphatic carbocycles. The van der Waals surface area contributed by atoms with E-state index in [1.54, 1.807) is 11.9 Å². The quantitative estimate of drug-likeness (QED) is 0.392. The second-order valence-corrected chi connectivity index (χ2v) is 11.1. The molecule has 0 saturated carbocycles. The molecule has 1 aromatic carbocycles. The second-order valence-electron chi connectivity index (χ2n) is 11.1. The Bertz CT molecular complexity index is 1010. The van der Waals surface area contributed by atoms with E-state index in [2.05, 4.69) is 17.9 Å². The lowest BCUT2D eigenvalue weighted by molar-refractivity contribution is -0.144. The number of unbranched alkanes of at least 4 members (excludes halogenated alkanes) is 1. The van der Waals surface area contributed by atoms with Gasteiger partial charge in [-0.2, -0.15) is 0 Å². The van der Waals surface area contributed by atoms with Gasteiger partial charge in [0, 0.05) is 64.7 Å². The van der Waals surface area contributed by atoms with Crippen LogP contribution in [-0.2, 0) is 16.0 Å². The van der Waals surface area contributed by atoms with Gasteiger partial charge >= 0.3 is 12.0 Å². The summed E-state index contributed by atoms with van der Waals surface area (Å²) in [5.41, 5.74) is 7.82. The number of likely N-dealkylation sites (tertiary alicyclic amines) is 1. The molecule has 0 radical (unpaired) electrons. The number of nitrogens with two attached hydrogens (primary N) is 1. The molecule has 3 aliphatic heterocycles. The average Bonchev–Trinajstić information content (AvgIpc) is 3.53. The van der Waals surface area contributed by atoms with Crippen LogP contribution in [0, 0.1) is 5.92 Å². The van der Waals surface area contributed by atoms with Gasteiger partial charge in [0.15, 0.2) is 0 Å². The van der Waals surface area contributed by atoms with Gasteiger partial charge in [0.05, 0.1) is 19.1 Å². The Hall–Kier alpha value is -2.85. The van der Waals surface area contributed by atoms with Gasteiger partial charge < -0.3 is 30.3 Å². The number of rotatable bonds is 13. The standard InChI is InChI=1S/C29H45N5O5/c1-3-4-13-32(14-5-11-30)26(35)20-34-19-23(21-7-8-25-22(18-21)10-17-39-25)27(28(36)37)24(34)9-16-33-15-6-12-31(2)29(33)38/h7-8,18,23-24,27H,3-6,9-17,19-20,30H2,1-2H3,(H,36,37)/t23-,24+,27?/m1/s1. The fraction of sp³-hybridized carbons (Fsp3) is 0.690. The Morgan fingerprint density at radius 1 is 1.21 bits per heavy atom. The first-order valence-electron chi connectivity index (χ1n) is 14.5. The van der Waals surface area contributed by atoms with Crippen LogP contribution in [0.25, 0.3) is 0 Å². The van der Waals surface area contributed by atoms with Crippen molar-refractivity contribution in [2.24, 2.45) is 11.7 Å². The first kappa shape index (κ1) is 29.1. The zero-order valence-electron chi connectivity index (χ0n) is 23.5. The Morgan fingerprint density at radius 2 is 2.00 bits per heavy atom. The zero-order chi connectivity index (χ0) is 27.9. The smallest absolute Gasteiger partial charge is 0.319 e. The Morgan fingerprint density at radius 3 is 2.74 bits per heavy atom. The summed E-state index contributed by atoms with van der Waals surface area (Å²) in [6.45, 7) is 7.08. The van der Waals surface area contributed by atoms with Crippen LogP contribution in [-0.4, -0.2) is 115 Å². The van der Waals surface area contributed by atoms with Crippen molar-refractivity contribution in [1.82, 2.24) is 19.6 Å². The molecule has 10 heteroatoms. The molecule has 0 aromatic heterocycles. The fourth-order valence-electron chi connectivity index (χ4n) is 6.32. The van der Waals surface area contributed by atoms with Crippen molar-refractivity contribution < 1.29 is 24.2 Å². The lowest BCUT2D eigenvalue weighted by Gasteiger charge is -2.35. The Balaban J connectivity index is 1.58. The monoisotopic (exact) mass is 543 g/mol. The van der Waals surface area contributed by atoms with Crippen LogP contribution >= 0.6 is 0 Å². The summed E-state index contributed by atoms with van der Waals surface area (Å²) in [4.78, 5) is 46.5. The minimum atomic E-state index is -0.857. The molecule has 1 unspecified atom stereocenters. The summed E-state index contributed by atoms with van der Waals surface area (Å²) in [6.07, 6.45) is 4.86. The number of amides is 3. The number of nitrogens with zero attached hydrogens (tertiary/aromatic N) is 4. The molecule has 3 atom stereocenters. The largest absolute Gasteiger partial charge is 0.493 e. The predicted octanol–water partition coefficient (Wildman–Crippen LogP) is 2.22. The van der Waals surface area contributed by atoms with Crippen LogP contribution in [0.4, 0.5) is 4.79 Å². The molecular formula is C29H45N5O5. The van der Waals surface area contributed by atoms with Crippen molar-refractivity contribution in [3.8, 4) is 5.75 Å². The van der Waals surface area contributed by atoms with Crippen LogP contribution in [0.5, 0.6) is 5.75 Å². The molecule has 3 aliphatic rings. The van der Waals surface area contributed by atoms with Gasteiger partial charge in [-0.1, -0.05) is 25.5 Å². The van der Waals surface area contributed by atoms with Crippen LogP contribution in [0.15, 0.2) is 18.2 Å². The fourth-order valence-corrected chi connectivity index (χ4v) is 6.32. The number of carboxylic acids is 1. The third-order valence-corrected chi connectivity index (χ3v) is 8.49. The number of hydrogen-bond acceptors (Lipinski definition) is 6. The number of urea groups is 1. The molecule has 216 valence electrons. The summed E-state index contributed by atoms with van der Waals surface area (Å²) < 4.78 is 5.67. The second kappa shape index (κ2) is 13.5. The highest BCUT2D eigenvalue weighted by molar-refractivity contribution is 5.79. The maximum Gasteiger partial charge on any atom is 0.319 e. The van der Waals surface area contributed by atoms with Gasteiger partial charge in [-0.15, -0.1) is 0 Å². The van der Waals surface area contributed by atoms with Crippen LogP contribution in [0.2, 0.25) is 0 Å². The van der Waals surface area contributed by atoms with Crippen molar-refractivity contribution >= 4 is 17.9 Å². The maximum absolute atomic E-state index is 13.5. The van der Waals surface area contributed by atoms with Crippen LogP contribution in [0.1, 0.15) is 56.1 Å². The van der Waals surface area contributed by atoms with E-state index < -0.39 is 11.9 Å². The molecule has 4 rings (SSSR count). The van der Waals surface area contributed by atoms with E-state index >= 15 is 0 Å². The lowest BCUT2D eigenvalue weighted by atomic mass is 9.83. The first-order valence-corrected chi connectivity index (χ1v) is 14.5. The van der Waals surface area contributed by atoms with E-state index in [9.17, 15) is 19.5 Å². The highest BCUT2D eigenvalue weighted by Gasteiger charge is 2.47. The minimum Gasteiger partial charge on any atom is -0.493 e. The van der Waals surface area contributed by atoms with Crippen molar-refractivity contribution in [3.05, 3.63) is 29.3 Å². The highest BCUT2D eigenvalue weighted by atomic mass is 16.5. The van der Waals surface area contributed by atoms with E-state index in [0.717, 1.165) is 55.5 Å². The maximum atomic E-state index is 13.5. The molecule has 2 saturated heterocycles. The zero-order valence-corrected chi connectivity index (χ0v) is 23.5. The van der Waals surface area contributed by atoms with Gasteiger partial charge in [-0.25, -0.2) is 4.79 Å². The third kappa shape index (κ3) is 6.84. The van der Waals surface area contributed by atoms with E-state index in [4.69, 9.17) is 10.5 Å². The van der Waals surface area contributed by atoms with Gasteiger partial charge in [0.1, 0.15) is 5.75 Å². The number of carbonyl (C=O) groups is 3. The van der Waals surface area contributed by atoms with Crippen molar-refractivity contribution in [3.63, 3.8) is 0 Å². The highest BCUT2D eigenvalue weighted by Crippen LogP contribution is 2.41. The summed E-state index contributed by atoms with van der Waals surface area (Å²) in [7, 11) is 1.80. The van der Waals surface area contributed by atoms with Gasteiger partial charge in [-0.3, -0.25) is 14.5 Å². The van der Waals surface area contributed by atoms with Crippen molar-refractivity contribution in [2.45, 2.75) is 57.4 Å². The lowest BCUT2D eigenvalue weighted by Crippen LogP contribution is -2.50. The molecule has 0 bridgehead atoms. The van der Waals surface area contributed by atoms with Gasteiger partial charge in [-0.05, 0) is 49.4 Å². The molecule has 1 aromatic rings. The third-order valence-electron chi connectivity index (χ3n) is 8.49. The summed E-state index contributed by atoms with van der Waals surface area (Å²) >= 11 is 0. The molecule has 3 amide bonds. The van der Waals surface area contributed by atoms with E-state index in [-0.39, 0.29) is 30.4 Å². The average molecular weight is 544 g/mol. The molecule has 3 N–H and O–H groups in total. The number of carboxylic acid groups (broad SMARTS) is 1. The molecular weight excluding hydrogens is 498 g/mol. The minimum absolute atomic E-state index is 0.0165. The molecule has 2 fully saturated rings. The number of ether oxygens (including phenoxy) is 1. The predicted molar refractivity (Wildman–Crippen MR) is 149 cm³/mol. The molecule has 3 heterocycles. The number of carbonyl (C=O) groups excluding carboxylic acids is 2. The topological polar surface area (TPSA) is 120 Å². The number of hydrogen-bond donors (Lipinski definition) is 2. The van der Waals surface area contributed by atoms with Gasteiger partial charge in [0.25, 0.3) is 0 Å². The molecule has 0 spiro atoms. The van der Waals surface area contributed by atoms with Crippen molar-refractivity contribution in [2.75, 3.05) is 66.0 Å². The normalized spacial score (nSPS) is 23.2. The first-order chi connectivity index (χ1) is 18.8. The number of fused-ring (bicyclic) bond motifs is 1. The Labute approximate surface area is 232 Å². The summed E-state index contributed by atoms with van der Waals surface area (Å²) in [5.74, 6) is -0.901. The van der Waals surface area contributed by atoms with Gasteiger partial charge in [0.2, 0.25) is 5.91 Å². The van der Waals surface area contributed by atoms with E-state index in [1.807, 2.05) is 21.9 Å².